The van der Waals surface area contributed by atoms with E-state index in [2.05, 4.69) is 40.7 Å². The fraction of sp³-hybridized carbons (Fsp3) is 0.583. The number of rotatable bonds is 10. The van der Waals surface area contributed by atoms with E-state index in [1.165, 1.54) is 18.4 Å². The van der Waals surface area contributed by atoms with Crippen LogP contribution in [0.1, 0.15) is 77.7 Å². The predicted molar refractivity (Wildman–Crippen MR) is 174 cm³/mol. The monoisotopic (exact) mass is 630 g/mol. The molecule has 2 aromatic rings. The molecule has 0 aliphatic heterocycles. The third kappa shape index (κ3) is 5.98. The number of carbonyl (C=O) groups excluding carboxylic acids is 3. The van der Waals surface area contributed by atoms with Gasteiger partial charge in [-0.3, -0.25) is 14.4 Å². The predicted octanol–water partition coefficient (Wildman–Crippen LogP) is 4.94. The second-order valence-corrected chi connectivity index (χ2v) is 14.4. The average molecular weight is 631 g/mol. The normalized spacial score (nSPS) is 31.6. The van der Waals surface area contributed by atoms with Crippen LogP contribution in [0.25, 0.3) is 10.9 Å². The van der Waals surface area contributed by atoms with Crippen molar-refractivity contribution in [1.29, 1.82) is 0 Å². The quantitative estimate of drug-likeness (QED) is 0.273. The van der Waals surface area contributed by atoms with Crippen LogP contribution in [0.2, 0.25) is 0 Å². The van der Waals surface area contributed by atoms with Gasteiger partial charge in [-0.2, -0.15) is 0 Å². The number of H-pyrrole nitrogens is 1. The summed E-state index contributed by atoms with van der Waals surface area (Å²) in [5.41, 5.74) is 4.20. The number of nitrogens with one attached hydrogen (secondary N) is 3. The van der Waals surface area contributed by atoms with Gasteiger partial charge in [0, 0.05) is 29.4 Å². The van der Waals surface area contributed by atoms with Gasteiger partial charge in [-0.25, -0.2) is 4.79 Å². The van der Waals surface area contributed by atoms with Gasteiger partial charge in [-0.1, -0.05) is 42.8 Å². The van der Waals surface area contributed by atoms with E-state index in [9.17, 15) is 24.3 Å². The van der Waals surface area contributed by atoms with E-state index in [1.807, 2.05) is 24.3 Å². The van der Waals surface area contributed by atoms with Crippen molar-refractivity contribution in [3.63, 3.8) is 0 Å². The number of carboxylic acids is 1. The molecule has 1 heterocycles. The lowest BCUT2D eigenvalue weighted by molar-refractivity contribution is -0.141. The van der Waals surface area contributed by atoms with Crippen LogP contribution in [0, 0.1) is 34.5 Å². The molecule has 0 unspecified atom stereocenters. The largest absolute Gasteiger partial charge is 0.480 e. The Morgan fingerprint density at radius 3 is 2.63 bits per heavy atom. The number of fused-ring (bicyclic) bond motifs is 6. The van der Waals surface area contributed by atoms with Crippen molar-refractivity contribution in [3.8, 4) is 0 Å². The van der Waals surface area contributed by atoms with Crippen molar-refractivity contribution in [3.05, 3.63) is 47.7 Å². The second-order valence-electron chi connectivity index (χ2n) is 14.4. The Morgan fingerprint density at radius 1 is 1.04 bits per heavy atom. The number of oxime groups is 1. The molecule has 0 radical (unpaired) electrons. The van der Waals surface area contributed by atoms with Gasteiger partial charge in [0.25, 0.3) is 5.91 Å². The molecule has 0 bridgehead atoms. The third-order valence-electron chi connectivity index (χ3n) is 12.0. The number of aromatic nitrogens is 1. The number of para-hydroxylation sites is 1. The summed E-state index contributed by atoms with van der Waals surface area (Å²) in [6.45, 7) is 5.88. The Bertz CT molecular complexity index is 1590. The number of amides is 2. The summed E-state index contributed by atoms with van der Waals surface area (Å²) in [6.07, 6.45) is 12.5. The molecule has 246 valence electrons. The van der Waals surface area contributed by atoms with Crippen molar-refractivity contribution in [1.82, 2.24) is 15.6 Å². The first-order valence-electron chi connectivity index (χ1n) is 16.7. The van der Waals surface area contributed by atoms with Gasteiger partial charge in [0.2, 0.25) is 5.91 Å². The first kappa shape index (κ1) is 32.0. The molecule has 1 aromatic heterocycles. The topological polar surface area (TPSA) is 150 Å². The van der Waals surface area contributed by atoms with Crippen LogP contribution in [0.3, 0.4) is 0 Å². The average Bonchev–Trinajstić information content (AvgIpc) is 3.60. The smallest absolute Gasteiger partial charge is 0.326 e. The number of benzene rings is 1. The zero-order chi connectivity index (χ0) is 32.6. The highest BCUT2D eigenvalue weighted by Gasteiger charge is 2.59. The Hall–Kier alpha value is -3.95. The number of ketones is 1. The first-order valence-corrected chi connectivity index (χ1v) is 16.7. The van der Waals surface area contributed by atoms with E-state index in [0.29, 0.717) is 23.5 Å². The van der Waals surface area contributed by atoms with Crippen LogP contribution in [-0.4, -0.2) is 58.6 Å². The summed E-state index contributed by atoms with van der Waals surface area (Å²) in [6, 6.07) is 6.41. The molecule has 4 aliphatic rings. The number of carboxylic acid groups (broad SMARTS) is 1. The van der Waals surface area contributed by atoms with E-state index in [0.717, 1.165) is 60.7 Å². The zero-order valence-corrected chi connectivity index (χ0v) is 27.1. The molecule has 4 N–H and O–H groups in total. The van der Waals surface area contributed by atoms with E-state index in [4.69, 9.17) is 4.84 Å². The fourth-order valence-electron chi connectivity index (χ4n) is 9.68. The van der Waals surface area contributed by atoms with Crippen molar-refractivity contribution in [2.45, 2.75) is 84.6 Å². The van der Waals surface area contributed by atoms with Gasteiger partial charge in [-0.15, -0.1) is 0 Å². The van der Waals surface area contributed by atoms with Crippen molar-refractivity contribution < 1.29 is 29.1 Å². The van der Waals surface area contributed by atoms with E-state index < -0.39 is 23.8 Å². The number of nitrogens with zero attached hydrogens (tertiary/aromatic N) is 1. The maximum atomic E-state index is 12.5. The van der Waals surface area contributed by atoms with Gasteiger partial charge in [-0.05, 0) is 105 Å². The maximum Gasteiger partial charge on any atom is 0.326 e. The lowest BCUT2D eigenvalue weighted by Gasteiger charge is -2.58. The van der Waals surface area contributed by atoms with Gasteiger partial charge < -0.3 is 25.6 Å². The Morgan fingerprint density at radius 2 is 1.85 bits per heavy atom. The molecule has 10 nitrogen and oxygen atoms in total. The first-order chi connectivity index (χ1) is 22.0. The third-order valence-corrected chi connectivity index (χ3v) is 12.0. The molecule has 6 rings (SSSR count). The molecule has 7 atom stereocenters. The molecular formula is C36H46N4O6. The van der Waals surface area contributed by atoms with Crippen molar-refractivity contribution in [2.24, 2.45) is 39.7 Å². The summed E-state index contributed by atoms with van der Waals surface area (Å²) >= 11 is 0. The molecule has 4 aliphatic carbocycles. The van der Waals surface area contributed by atoms with E-state index in [1.54, 1.807) is 13.1 Å². The van der Waals surface area contributed by atoms with Crippen LogP contribution in [0.4, 0.5) is 0 Å². The molecule has 3 fully saturated rings. The van der Waals surface area contributed by atoms with E-state index in [-0.39, 0.29) is 36.3 Å². The SMILES string of the molecule is CC(=O)[C@@H]1CC[C@@H]2[C@@H]3CCC4=CC(=NOCC(=O)NCC(=O)N[C@H](Cc5c[nH]c6ccccc56)C(=O)O)CC[C@]4(C)[C@@H]3CC[C@@]21C. The number of carbonyl (C=O) groups is 4. The summed E-state index contributed by atoms with van der Waals surface area (Å²) in [7, 11) is 0. The summed E-state index contributed by atoms with van der Waals surface area (Å²) in [5, 5.41) is 19.8. The maximum absolute atomic E-state index is 12.5. The minimum atomic E-state index is -1.16. The molecule has 0 saturated heterocycles. The molecular weight excluding hydrogens is 584 g/mol. The zero-order valence-electron chi connectivity index (χ0n) is 27.1. The second kappa shape index (κ2) is 12.7. The molecule has 2 amide bonds. The minimum absolute atomic E-state index is 0.107. The van der Waals surface area contributed by atoms with Gasteiger partial charge >= 0.3 is 5.97 Å². The fourth-order valence-corrected chi connectivity index (χ4v) is 9.68. The minimum Gasteiger partial charge on any atom is -0.480 e. The number of allylic oxidation sites excluding steroid dienone is 2. The molecule has 1 aromatic carbocycles. The standard InChI is InChI=1S/C36H46N4O6/c1-21(41)27-10-11-28-26-9-8-23-17-24(12-14-35(23,2)29(26)13-15-36(27,28)3)40-46-20-33(43)38-19-32(42)39-31(34(44)45)16-22-18-37-30-7-5-4-6-25(22)30/h4-7,17-18,26-29,31,37H,8-16,19-20H2,1-3H3,(H,38,43)(H,39,42)(H,44,45)/t26-,27-,28+,29+,31+,35-,36+/m0/s1. The molecule has 0 spiro atoms. The highest BCUT2D eigenvalue weighted by atomic mass is 16.6. The Labute approximate surface area is 269 Å². The van der Waals surface area contributed by atoms with Crippen LogP contribution in [-0.2, 0) is 30.4 Å². The van der Waals surface area contributed by atoms with Crippen LogP contribution in [0.15, 0.2) is 47.3 Å². The highest BCUT2D eigenvalue weighted by molar-refractivity contribution is 5.96. The summed E-state index contributed by atoms with van der Waals surface area (Å²) in [4.78, 5) is 57.6. The lowest BCUT2D eigenvalue weighted by atomic mass is 9.46. The molecule has 3 saturated carbocycles. The number of Topliss-reactive ketones (excluding diaryl/α,β-unsaturated/α-hetero) is 1. The number of aliphatic carboxylic acids is 1. The summed E-state index contributed by atoms with van der Waals surface area (Å²) < 4.78 is 0. The number of aromatic amines is 1. The van der Waals surface area contributed by atoms with Gasteiger partial charge in [0.1, 0.15) is 11.8 Å². The summed E-state index contributed by atoms with van der Waals surface area (Å²) in [5.74, 6) is 0.238. The van der Waals surface area contributed by atoms with Gasteiger partial charge in [0.05, 0.1) is 12.3 Å². The molecule has 10 heteroatoms. The van der Waals surface area contributed by atoms with Crippen LogP contribution in [0.5, 0.6) is 0 Å². The lowest BCUT2D eigenvalue weighted by Crippen LogP contribution is -2.51. The number of hydrogen-bond donors (Lipinski definition) is 4. The Kier molecular flexibility index (Phi) is 8.83. The molecule has 46 heavy (non-hydrogen) atoms. The van der Waals surface area contributed by atoms with Crippen LogP contribution < -0.4 is 10.6 Å². The van der Waals surface area contributed by atoms with Crippen molar-refractivity contribution >= 4 is 40.2 Å². The highest BCUT2D eigenvalue weighted by Crippen LogP contribution is 2.66. The van der Waals surface area contributed by atoms with Gasteiger partial charge in [0.15, 0.2) is 6.61 Å². The van der Waals surface area contributed by atoms with Crippen LogP contribution >= 0.6 is 0 Å². The Balaban J connectivity index is 0.983. The number of hydrogen-bond acceptors (Lipinski definition) is 6. The van der Waals surface area contributed by atoms with E-state index >= 15 is 0 Å². The van der Waals surface area contributed by atoms with Crippen molar-refractivity contribution in [2.75, 3.05) is 13.2 Å².